The average Bonchev–Trinajstić information content (AvgIpc) is 2.34. The van der Waals surface area contributed by atoms with Crippen molar-refractivity contribution in [3.8, 4) is 0 Å². The van der Waals surface area contributed by atoms with E-state index in [-0.39, 0.29) is 5.92 Å². The molecule has 2 unspecified atom stereocenters. The Balaban J connectivity index is 1.91. The van der Waals surface area contributed by atoms with Gasteiger partial charge in [0.1, 0.15) is 0 Å². The van der Waals surface area contributed by atoms with E-state index in [9.17, 15) is 0 Å². The highest BCUT2D eigenvalue weighted by atomic mass is 15.1. The van der Waals surface area contributed by atoms with Gasteiger partial charge < -0.3 is 10.6 Å². The maximum atomic E-state index is 7.48. The molecule has 98 valence electrons. The Labute approximate surface area is 109 Å². The Kier molecular flexibility index (Phi) is 4.02. The van der Waals surface area contributed by atoms with Crippen molar-refractivity contribution < 1.29 is 0 Å². The minimum Gasteiger partial charge on any atom is -0.387 e. The molecule has 1 aromatic rings. The quantitative estimate of drug-likeness (QED) is 0.596. The van der Waals surface area contributed by atoms with Crippen LogP contribution in [0.1, 0.15) is 30.9 Å². The molecule has 0 saturated heterocycles. The van der Waals surface area contributed by atoms with Crippen molar-refractivity contribution in [3.05, 3.63) is 35.4 Å². The lowest BCUT2D eigenvalue weighted by Gasteiger charge is -2.35. The zero-order chi connectivity index (χ0) is 13.1. The van der Waals surface area contributed by atoms with Crippen LogP contribution in [-0.4, -0.2) is 30.4 Å². The van der Waals surface area contributed by atoms with Gasteiger partial charge in [-0.25, -0.2) is 0 Å². The van der Waals surface area contributed by atoms with E-state index in [2.05, 4.69) is 36.1 Å². The highest BCUT2D eigenvalue weighted by Crippen LogP contribution is 2.35. The Morgan fingerprint density at radius 2 is 2.22 bits per heavy atom. The summed E-state index contributed by atoms with van der Waals surface area (Å²) in [6.07, 6.45) is 1.20. The number of amidine groups is 1. The summed E-state index contributed by atoms with van der Waals surface area (Å²) in [5.74, 6) is 1.11. The van der Waals surface area contributed by atoms with Crippen LogP contribution in [0.3, 0.4) is 0 Å². The predicted octanol–water partition coefficient (Wildman–Crippen LogP) is 2.22. The first-order valence-electron chi connectivity index (χ1n) is 6.75. The molecule has 0 saturated carbocycles. The topological polar surface area (TPSA) is 53.1 Å². The lowest BCUT2D eigenvalue weighted by molar-refractivity contribution is 0.246. The molecule has 0 amide bonds. The fourth-order valence-electron chi connectivity index (χ4n) is 2.66. The van der Waals surface area contributed by atoms with Crippen molar-refractivity contribution in [2.45, 2.75) is 26.2 Å². The molecule has 1 aromatic carbocycles. The third-order valence-corrected chi connectivity index (χ3v) is 3.95. The maximum absolute atomic E-state index is 7.48. The van der Waals surface area contributed by atoms with E-state index in [1.165, 1.54) is 17.5 Å². The number of likely N-dealkylation sites (N-methyl/N-ethyl adjacent to an activating group) is 1. The monoisotopic (exact) mass is 245 g/mol. The lowest BCUT2D eigenvalue weighted by atomic mass is 9.77. The van der Waals surface area contributed by atoms with Crippen LogP contribution in [0.15, 0.2) is 24.3 Å². The lowest BCUT2D eigenvalue weighted by Crippen LogP contribution is -2.39. The summed E-state index contributed by atoms with van der Waals surface area (Å²) in [6.45, 7) is 7.21. The number of fused-ring (bicyclic) bond motifs is 1. The van der Waals surface area contributed by atoms with Crippen molar-refractivity contribution in [2.24, 2.45) is 11.7 Å². The summed E-state index contributed by atoms with van der Waals surface area (Å²) < 4.78 is 0. The molecule has 0 radical (unpaired) electrons. The summed E-state index contributed by atoms with van der Waals surface area (Å²) in [7, 11) is 0. The normalized spacial score (nSPS) is 19.2. The molecule has 0 aliphatic heterocycles. The van der Waals surface area contributed by atoms with Crippen LogP contribution >= 0.6 is 0 Å². The number of nitrogens with zero attached hydrogens (tertiary/aromatic N) is 1. The second kappa shape index (κ2) is 5.53. The van der Waals surface area contributed by atoms with Crippen LogP contribution in [0, 0.1) is 11.3 Å². The van der Waals surface area contributed by atoms with Gasteiger partial charge >= 0.3 is 0 Å². The molecule has 0 fully saturated rings. The SMILES string of the molecule is CCN(CC(C)C(=N)N)CC1Cc2ccccc21. The smallest absolute Gasteiger partial charge is 0.0947 e. The molecule has 3 heteroatoms. The zero-order valence-electron chi connectivity index (χ0n) is 11.3. The molecule has 3 N–H and O–H groups in total. The number of hydrogen-bond acceptors (Lipinski definition) is 2. The van der Waals surface area contributed by atoms with E-state index < -0.39 is 0 Å². The van der Waals surface area contributed by atoms with Gasteiger partial charge in [-0.2, -0.15) is 0 Å². The van der Waals surface area contributed by atoms with Crippen LogP contribution < -0.4 is 5.73 Å². The van der Waals surface area contributed by atoms with Gasteiger partial charge in [-0.15, -0.1) is 0 Å². The zero-order valence-corrected chi connectivity index (χ0v) is 11.3. The van der Waals surface area contributed by atoms with Gasteiger partial charge in [0.25, 0.3) is 0 Å². The maximum Gasteiger partial charge on any atom is 0.0947 e. The third-order valence-electron chi connectivity index (χ3n) is 3.95. The Hall–Kier alpha value is -1.35. The average molecular weight is 245 g/mol. The summed E-state index contributed by atoms with van der Waals surface area (Å²) in [6, 6.07) is 8.70. The van der Waals surface area contributed by atoms with Crippen LogP contribution in [0.5, 0.6) is 0 Å². The molecule has 0 aromatic heterocycles. The van der Waals surface area contributed by atoms with Crippen LogP contribution in [-0.2, 0) is 6.42 Å². The molecule has 3 nitrogen and oxygen atoms in total. The van der Waals surface area contributed by atoms with Crippen LogP contribution in [0.25, 0.3) is 0 Å². The van der Waals surface area contributed by atoms with E-state index >= 15 is 0 Å². The largest absolute Gasteiger partial charge is 0.387 e. The number of rotatable bonds is 6. The Morgan fingerprint density at radius 1 is 1.50 bits per heavy atom. The van der Waals surface area contributed by atoms with E-state index in [0.29, 0.717) is 11.8 Å². The van der Waals surface area contributed by atoms with Crippen molar-refractivity contribution in [1.82, 2.24) is 4.90 Å². The van der Waals surface area contributed by atoms with E-state index in [4.69, 9.17) is 11.1 Å². The van der Waals surface area contributed by atoms with E-state index in [1.54, 1.807) is 0 Å². The highest BCUT2D eigenvalue weighted by Gasteiger charge is 2.27. The number of benzene rings is 1. The van der Waals surface area contributed by atoms with Gasteiger partial charge in [0.15, 0.2) is 0 Å². The summed E-state index contributed by atoms with van der Waals surface area (Å²) in [5, 5.41) is 7.48. The van der Waals surface area contributed by atoms with Gasteiger partial charge in [0, 0.05) is 24.9 Å². The van der Waals surface area contributed by atoms with E-state index in [1.807, 2.05) is 6.92 Å². The number of nitrogens with one attached hydrogen (secondary N) is 1. The fourth-order valence-corrected chi connectivity index (χ4v) is 2.66. The van der Waals surface area contributed by atoms with Crippen LogP contribution in [0.4, 0.5) is 0 Å². The minimum atomic E-state index is 0.153. The fraction of sp³-hybridized carbons (Fsp3) is 0.533. The molecule has 0 bridgehead atoms. The van der Waals surface area contributed by atoms with Crippen LogP contribution in [0.2, 0.25) is 0 Å². The molecule has 1 aliphatic rings. The molecular weight excluding hydrogens is 222 g/mol. The summed E-state index contributed by atoms with van der Waals surface area (Å²) in [4.78, 5) is 2.41. The molecular formula is C15H23N3. The molecule has 2 rings (SSSR count). The molecule has 0 heterocycles. The predicted molar refractivity (Wildman–Crippen MR) is 76.1 cm³/mol. The van der Waals surface area contributed by atoms with Crippen molar-refractivity contribution >= 4 is 5.84 Å². The molecule has 18 heavy (non-hydrogen) atoms. The first kappa shape index (κ1) is 13.1. The molecule has 2 atom stereocenters. The molecule has 1 aliphatic carbocycles. The van der Waals surface area contributed by atoms with Gasteiger partial charge in [-0.1, -0.05) is 38.1 Å². The standard InChI is InChI=1S/C15H23N3/c1-3-18(9-11(2)15(16)17)10-13-8-12-6-4-5-7-14(12)13/h4-7,11,13H,3,8-10H2,1-2H3,(H3,16,17). The second-order valence-corrected chi connectivity index (χ2v) is 5.31. The van der Waals surface area contributed by atoms with Crippen molar-refractivity contribution in [3.63, 3.8) is 0 Å². The highest BCUT2D eigenvalue weighted by molar-refractivity contribution is 5.79. The van der Waals surface area contributed by atoms with Gasteiger partial charge in [0.2, 0.25) is 0 Å². The van der Waals surface area contributed by atoms with Gasteiger partial charge in [0.05, 0.1) is 5.84 Å². The summed E-state index contributed by atoms with van der Waals surface area (Å²) >= 11 is 0. The first-order chi connectivity index (χ1) is 8.61. The number of nitrogens with two attached hydrogens (primary N) is 1. The minimum absolute atomic E-state index is 0.153. The first-order valence-corrected chi connectivity index (χ1v) is 6.75. The summed E-state index contributed by atoms with van der Waals surface area (Å²) in [5.41, 5.74) is 8.55. The van der Waals surface area contributed by atoms with Gasteiger partial charge in [-0.05, 0) is 24.1 Å². The van der Waals surface area contributed by atoms with Crippen molar-refractivity contribution in [1.29, 1.82) is 5.41 Å². The van der Waals surface area contributed by atoms with E-state index in [0.717, 1.165) is 19.6 Å². The number of hydrogen-bond donors (Lipinski definition) is 2. The van der Waals surface area contributed by atoms with Crippen molar-refractivity contribution in [2.75, 3.05) is 19.6 Å². The van der Waals surface area contributed by atoms with Gasteiger partial charge in [-0.3, -0.25) is 5.41 Å². The molecule has 0 spiro atoms. The second-order valence-electron chi connectivity index (χ2n) is 5.31. The third kappa shape index (κ3) is 2.72. The Bertz CT molecular complexity index is 428. The Morgan fingerprint density at radius 3 is 2.83 bits per heavy atom.